The molecule has 1 aliphatic heterocycles. The van der Waals surface area contributed by atoms with Gasteiger partial charge < -0.3 is 9.47 Å². The highest BCUT2D eigenvalue weighted by Gasteiger charge is 2.53. The maximum Gasteiger partial charge on any atom is 0.0726 e. The lowest BCUT2D eigenvalue weighted by molar-refractivity contribution is 0.794. The van der Waals surface area contributed by atoms with Crippen LogP contribution in [0.15, 0.2) is 267 Å². The maximum absolute atomic E-state index is 2.59. The molecule has 1 aromatic heterocycles. The zero-order valence-corrected chi connectivity index (χ0v) is 39.8. The normalized spacial score (nSPS) is 13.0. The summed E-state index contributed by atoms with van der Waals surface area (Å²) in [6.07, 6.45) is 0. The number of nitrogens with zero attached hydrogens (tertiary/aromatic N) is 2. The van der Waals surface area contributed by atoms with Gasteiger partial charge in [0.2, 0.25) is 0 Å². The van der Waals surface area contributed by atoms with Crippen LogP contribution in [0.4, 0.5) is 17.1 Å². The summed E-state index contributed by atoms with van der Waals surface area (Å²) in [7, 11) is 0. The van der Waals surface area contributed by atoms with Crippen molar-refractivity contribution < 1.29 is 0 Å². The second-order valence-electron chi connectivity index (χ2n) is 19.9. The van der Waals surface area contributed by atoms with Crippen LogP contribution >= 0.6 is 0 Å². The highest BCUT2D eigenvalue weighted by molar-refractivity contribution is 6.20. The molecule has 0 bridgehead atoms. The topological polar surface area (TPSA) is 8.17 Å². The zero-order chi connectivity index (χ0) is 47.8. The molecule has 2 heteroatoms. The quantitative estimate of drug-likeness (QED) is 0.161. The summed E-state index contributed by atoms with van der Waals surface area (Å²) in [5, 5.41) is 5.03. The first-order chi connectivity index (χ1) is 36.2. The summed E-state index contributed by atoms with van der Waals surface area (Å²) in [6.45, 7) is 0. The molecule has 1 spiro atoms. The Bertz CT molecular complexity index is 4380. The molecule has 16 rings (SSSR count). The van der Waals surface area contributed by atoms with Gasteiger partial charge in [-0.1, -0.05) is 212 Å². The van der Waals surface area contributed by atoms with E-state index in [1.54, 1.807) is 0 Å². The molecule has 13 aromatic rings. The van der Waals surface area contributed by atoms with Crippen LogP contribution in [0.2, 0.25) is 0 Å². The smallest absolute Gasteiger partial charge is 0.0726 e. The third-order valence-corrected chi connectivity index (χ3v) is 16.3. The van der Waals surface area contributed by atoms with Gasteiger partial charge in [-0.05, 0) is 138 Å². The lowest BCUT2D eigenvalue weighted by Gasteiger charge is -2.31. The lowest BCUT2D eigenvalue weighted by Crippen LogP contribution is -2.25. The van der Waals surface area contributed by atoms with Crippen LogP contribution in [0.25, 0.3) is 105 Å². The highest BCUT2D eigenvalue weighted by Crippen LogP contribution is 2.66. The van der Waals surface area contributed by atoms with Gasteiger partial charge in [0, 0.05) is 38.8 Å². The van der Waals surface area contributed by atoms with Crippen molar-refractivity contribution in [3.8, 4) is 72.4 Å². The third-order valence-electron chi connectivity index (χ3n) is 16.3. The molecule has 0 saturated heterocycles. The average Bonchev–Trinajstić information content (AvgIpc) is 4.16. The van der Waals surface area contributed by atoms with E-state index in [0.717, 1.165) is 28.2 Å². The number of rotatable bonds is 6. The Morgan fingerprint density at radius 3 is 1.68 bits per heavy atom. The fourth-order valence-corrected chi connectivity index (χ4v) is 13.3. The van der Waals surface area contributed by atoms with Gasteiger partial charge in [0.15, 0.2) is 0 Å². The van der Waals surface area contributed by atoms with Gasteiger partial charge in [0.05, 0.1) is 27.8 Å². The number of para-hydroxylation sites is 1. The molecule has 0 N–H and O–H groups in total. The van der Waals surface area contributed by atoms with Crippen molar-refractivity contribution in [2.75, 3.05) is 4.90 Å². The van der Waals surface area contributed by atoms with Gasteiger partial charge in [-0.25, -0.2) is 0 Å². The molecule has 0 radical (unpaired) electrons. The van der Waals surface area contributed by atoms with E-state index in [2.05, 4.69) is 276 Å². The Balaban J connectivity index is 0.973. The molecular weight excluding hydrogens is 881 g/mol. The van der Waals surface area contributed by atoms with Crippen LogP contribution in [-0.4, -0.2) is 4.57 Å². The minimum absolute atomic E-state index is 0.470. The Labute approximate surface area is 424 Å². The number of benzene rings is 12. The molecule has 0 saturated carbocycles. The van der Waals surface area contributed by atoms with Crippen LogP contribution in [0.5, 0.6) is 0 Å². The van der Waals surface area contributed by atoms with Crippen molar-refractivity contribution in [3.05, 3.63) is 289 Å². The monoisotopic (exact) mass is 924 g/mol. The molecule has 3 aliphatic rings. The fraction of sp³-hybridized carbons (Fsp3) is 0.0141. The van der Waals surface area contributed by atoms with Crippen molar-refractivity contribution in [2.24, 2.45) is 0 Å². The van der Waals surface area contributed by atoms with E-state index in [4.69, 9.17) is 0 Å². The molecule has 0 amide bonds. The number of fused-ring (bicyclic) bond motifs is 14. The second kappa shape index (κ2) is 15.3. The minimum atomic E-state index is -0.470. The van der Waals surface area contributed by atoms with Gasteiger partial charge in [-0.3, -0.25) is 0 Å². The first-order valence-electron chi connectivity index (χ1n) is 25.4. The maximum atomic E-state index is 2.59. The van der Waals surface area contributed by atoms with Gasteiger partial charge >= 0.3 is 0 Å². The standard InChI is InChI=1S/C71H44N2/c1-3-16-45(17-4-1)51-34-40-66(59(43-51)48-19-5-2-6-20-48)72(52-35-32-47(33-36-52)50-31-30-46-18-7-8-21-49(46)42-50)53-37-41-67-60(44-53)57-25-15-28-63-68(57)69-64(39-38-58-56-24-11-14-29-65(56)73(67)70(58)69)71(63)61-26-12-9-22-54(61)55-23-10-13-27-62(55)71/h1-44H. The van der Waals surface area contributed by atoms with Crippen LogP contribution in [0.3, 0.4) is 0 Å². The van der Waals surface area contributed by atoms with E-state index in [1.807, 2.05) is 0 Å². The van der Waals surface area contributed by atoms with Crippen LogP contribution in [0, 0.1) is 0 Å². The first kappa shape index (κ1) is 40.3. The van der Waals surface area contributed by atoms with Crippen molar-refractivity contribution in [1.29, 1.82) is 0 Å². The minimum Gasteiger partial charge on any atom is -0.310 e. The summed E-state index contributed by atoms with van der Waals surface area (Å²) < 4.78 is 2.59. The van der Waals surface area contributed by atoms with E-state index in [1.165, 1.54) is 116 Å². The molecule has 2 nitrogen and oxygen atoms in total. The predicted molar refractivity (Wildman–Crippen MR) is 305 cm³/mol. The number of hydrogen-bond donors (Lipinski definition) is 0. The lowest BCUT2D eigenvalue weighted by atomic mass is 9.70. The molecule has 0 unspecified atom stereocenters. The summed E-state index contributed by atoms with van der Waals surface area (Å²) in [5.74, 6) is 0. The van der Waals surface area contributed by atoms with E-state index in [-0.39, 0.29) is 0 Å². The number of aromatic nitrogens is 1. The highest BCUT2D eigenvalue weighted by atomic mass is 15.1. The molecule has 0 fully saturated rings. The molecule has 12 aromatic carbocycles. The van der Waals surface area contributed by atoms with E-state index in [9.17, 15) is 0 Å². The third kappa shape index (κ3) is 5.58. The van der Waals surface area contributed by atoms with Crippen molar-refractivity contribution in [3.63, 3.8) is 0 Å². The Hall–Kier alpha value is -9.50. The molecule has 73 heavy (non-hydrogen) atoms. The number of anilines is 3. The second-order valence-corrected chi connectivity index (χ2v) is 19.9. The average molecular weight is 925 g/mol. The van der Waals surface area contributed by atoms with Crippen molar-refractivity contribution in [1.82, 2.24) is 4.57 Å². The molecule has 338 valence electrons. The van der Waals surface area contributed by atoms with Gasteiger partial charge in [0.1, 0.15) is 0 Å². The van der Waals surface area contributed by atoms with Gasteiger partial charge in [-0.2, -0.15) is 0 Å². The number of hydrogen-bond acceptors (Lipinski definition) is 1. The molecular formula is C71H44N2. The van der Waals surface area contributed by atoms with E-state index in [0.29, 0.717) is 0 Å². The predicted octanol–water partition coefficient (Wildman–Crippen LogP) is 18.7. The van der Waals surface area contributed by atoms with Crippen LogP contribution in [0.1, 0.15) is 22.3 Å². The van der Waals surface area contributed by atoms with Crippen LogP contribution in [-0.2, 0) is 5.41 Å². The SMILES string of the molecule is c1ccc(-c2ccc(N(c3ccc(-c4ccc5ccccc5c4)cc3)c3ccc4c(c3)-c3cccc5c3-c3c(ccc6c7ccccc7n-4c36)C53c4ccccc4-c4ccccc43)c(-c3ccccc3)c2)cc1. The first-order valence-corrected chi connectivity index (χ1v) is 25.4. The Morgan fingerprint density at radius 2 is 0.890 bits per heavy atom. The summed E-state index contributed by atoms with van der Waals surface area (Å²) in [4.78, 5) is 2.49. The molecule has 2 heterocycles. The fourth-order valence-electron chi connectivity index (χ4n) is 13.3. The molecule has 2 aliphatic carbocycles. The van der Waals surface area contributed by atoms with Gasteiger partial charge in [0.25, 0.3) is 0 Å². The van der Waals surface area contributed by atoms with Crippen molar-refractivity contribution >= 4 is 49.6 Å². The Kier molecular flexibility index (Phi) is 8.41. The zero-order valence-electron chi connectivity index (χ0n) is 39.8. The Morgan fingerprint density at radius 1 is 0.301 bits per heavy atom. The van der Waals surface area contributed by atoms with E-state index >= 15 is 0 Å². The van der Waals surface area contributed by atoms with Gasteiger partial charge in [-0.15, -0.1) is 0 Å². The largest absolute Gasteiger partial charge is 0.310 e. The van der Waals surface area contributed by atoms with Crippen LogP contribution < -0.4 is 4.90 Å². The summed E-state index contributed by atoms with van der Waals surface area (Å²) in [6, 6.07) is 99.7. The van der Waals surface area contributed by atoms with Crippen molar-refractivity contribution in [2.45, 2.75) is 5.41 Å². The summed E-state index contributed by atoms with van der Waals surface area (Å²) in [5.41, 5.74) is 26.7. The summed E-state index contributed by atoms with van der Waals surface area (Å²) >= 11 is 0. The molecule has 0 atom stereocenters. The van der Waals surface area contributed by atoms with E-state index < -0.39 is 5.41 Å².